The third-order valence-corrected chi connectivity index (χ3v) is 4.81. The molecule has 190 valence electrons. The lowest BCUT2D eigenvalue weighted by Crippen LogP contribution is -2.29. The maximum atomic E-state index is 14.0. The molecule has 0 radical (unpaired) electrons. The summed E-state index contributed by atoms with van der Waals surface area (Å²) >= 11 is 0. The average molecular weight is 509 g/mol. The van der Waals surface area contributed by atoms with Gasteiger partial charge in [0.1, 0.15) is 25.4 Å². The zero-order valence-electron chi connectivity index (χ0n) is 19.2. The van der Waals surface area contributed by atoms with Crippen LogP contribution in [-0.2, 0) is 22.4 Å². The molecule has 0 aliphatic rings. The summed E-state index contributed by atoms with van der Waals surface area (Å²) in [4.78, 5) is 24.4. The zero-order valence-corrected chi connectivity index (χ0v) is 19.2. The molecule has 1 heterocycles. The van der Waals surface area contributed by atoms with E-state index in [1.54, 1.807) is 24.3 Å². The van der Waals surface area contributed by atoms with Crippen molar-refractivity contribution in [2.45, 2.75) is 19.7 Å². The van der Waals surface area contributed by atoms with Gasteiger partial charge in [0.2, 0.25) is 11.8 Å². The lowest BCUT2D eigenvalue weighted by Gasteiger charge is -2.17. The molecule has 36 heavy (non-hydrogen) atoms. The minimum absolute atomic E-state index is 0.0799. The number of carbonyl (C=O) groups is 1. The van der Waals surface area contributed by atoms with Gasteiger partial charge >= 0.3 is 6.18 Å². The fourth-order valence-corrected chi connectivity index (χ4v) is 3.13. The summed E-state index contributed by atoms with van der Waals surface area (Å²) in [5, 5.41) is 8.46. The van der Waals surface area contributed by atoms with Gasteiger partial charge in [-0.05, 0) is 24.6 Å². The number of nitrogens with one attached hydrogen (secondary N) is 2. The van der Waals surface area contributed by atoms with Gasteiger partial charge in [0.05, 0.1) is 5.69 Å². The number of anilines is 2. The highest BCUT2D eigenvalue weighted by Crippen LogP contribution is 2.35. The molecule has 8 nitrogen and oxygen atoms in total. The molecule has 1 aromatic heterocycles. The largest absolute Gasteiger partial charge is 0.472 e. The van der Waals surface area contributed by atoms with Crippen LogP contribution in [0.1, 0.15) is 22.4 Å². The van der Waals surface area contributed by atoms with E-state index in [2.05, 4.69) is 25.8 Å². The van der Waals surface area contributed by atoms with Crippen LogP contribution in [0.5, 0.6) is 5.88 Å². The smallest absolute Gasteiger partial charge is 0.433 e. The molecule has 13 heteroatoms. The molecule has 3 aromatic rings. The van der Waals surface area contributed by atoms with Crippen molar-refractivity contribution in [2.75, 3.05) is 19.5 Å². The Bertz CT molecular complexity index is 1300. The van der Waals surface area contributed by atoms with E-state index in [4.69, 9.17) is 9.57 Å². The second kappa shape index (κ2) is 11.0. The van der Waals surface area contributed by atoms with Crippen LogP contribution < -0.4 is 15.4 Å². The molecule has 0 unspecified atom stereocenters. The van der Waals surface area contributed by atoms with E-state index in [0.29, 0.717) is 17.2 Å². The maximum absolute atomic E-state index is 14.0. The van der Waals surface area contributed by atoms with Gasteiger partial charge in [0.15, 0.2) is 11.4 Å². The van der Waals surface area contributed by atoms with Crippen LogP contribution in [0.15, 0.2) is 47.6 Å². The van der Waals surface area contributed by atoms with E-state index >= 15 is 0 Å². The van der Waals surface area contributed by atoms with Crippen LogP contribution >= 0.6 is 0 Å². The van der Waals surface area contributed by atoms with Crippen molar-refractivity contribution in [1.29, 1.82) is 0 Å². The Kier molecular flexibility index (Phi) is 8.02. The Hall–Kier alpha value is -4.29. The predicted molar refractivity (Wildman–Crippen MR) is 120 cm³/mol. The maximum Gasteiger partial charge on any atom is 0.433 e. The van der Waals surface area contributed by atoms with Crippen LogP contribution in [0.2, 0.25) is 0 Å². The molecular weight excluding hydrogens is 489 g/mol. The number of amides is 1. The number of hydrogen-bond acceptors (Lipinski definition) is 7. The number of oxime groups is 1. The second-order valence-electron chi connectivity index (χ2n) is 7.22. The summed E-state index contributed by atoms with van der Waals surface area (Å²) in [7, 11) is 2.65. The Morgan fingerprint density at radius 3 is 2.47 bits per heavy atom. The number of aromatic nitrogens is 2. The van der Waals surface area contributed by atoms with Crippen molar-refractivity contribution >= 4 is 23.3 Å². The molecular formula is C23H20F5N5O3. The SMILES string of the molecule is CNC(=O)/C(=N/OC)c1ccccc1COc1nc(Nc2ccc(F)cc2F)nc(C(F)(F)F)c1C. The zero-order chi connectivity index (χ0) is 26.5. The lowest BCUT2D eigenvalue weighted by molar-refractivity contribution is -0.141. The topological polar surface area (TPSA) is 97.7 Å². The third kappa shape index (κ3) is 6.03. The highest BCUT2D eigenvalue weighted by Gasteiger charge is 2.37. The number of rotatable bonds is 8. The lowest BCUT2D eigenvalue weighted by atomic mass is 10.0. The molecule has 2 aromatic carbocycles. The number of alkyl halides is 3. The van der Waals surface area contributed by atoms with Gasteiger partial charge in [0, 0.05) is 24.2 Å². The molecule has 0 aliphatic heterocycles. The Morgan fingerprint density at radius 2 is 1.83 bits per heavy atom. The molecule has 0 spiro atoms. The number of halogens is 5. The van der Waals surface area contributed by atoms with E-state index in [9.17, 15) is 26.7 Å². The Labute approximate surface area is 202 Å². The summed E-state index contributed by atoms with van der Waals surface area (Å²) in [5.41, 5.74) is -1.44. The van der Waals surface area contributed by atoms with Crippen molar-refractivity contribution in [2.24, 2.45) is 5.16 Å². The predicted octanol–water partition coefficient (Wildman–Crippen LogP) is 4.50. The monoisotopic (exact) mass is 509 g/mol. The molecule has 0 fully saturated rings. The molecule has 2 N–H and O–H groups in total. The van der Waals surface area contributed by atoms with Gasteiger partial charge in [-0.2, -0.15) is 18.2 Å². The Balaban J connectivity index is 1.99. The summed E-state index contributed by atoms with van der Waals surface area (Å²) in [6, 6.07) is 8.87. The molecule has 3 rings (SSSR count). The number of nitrogens with zero attached hydrogens (tertiary/aromatic N) is 3. The summed E-state index contributed by atoms with van der Waals surface area (Å²) in [6.07, 6.45) is -4.88. The molecule has 0 bridgehead atoms. The van der Waals surface area contributed by atoms with Gasteiger partial charge in [-0.3, -0.25) is 4.79 Å². The van der Waals surface area contributed by atoms with Gasteiger partial charge in [0.25, 0.3) is 5.91 Å². The molecule has 0 saturated heterocycles. The first-order valence-corrected chi connectivity index (χ1v) is 10.3. The highest BCUT2D eigenvalue weighted by atomic mass is 19.4. The van der Waals surface area contributed by atoms with E-state index in [1.807, 2.05) is 0 Å². The molecule has 0 saturated carbocycles. The van der Waals surface area contributed by atoms with Crippen LogP contribution in [0, 0.1) is 18.6 Å². The number of benzene rings is 2. The van der Waals surface area contributed by atoms with E-state index < -0.39 is 46.8 Å². The van der Waals surface area contributed by atoms with Gasteiger partial charge in [-0.15, -0.1) is 0 Å². The minimum Gasteiger partial charge on any atom is -0.472 e. The summed E-state index contributed by atoms with van der Waals surface area (Å²) < 4.78 is 73.8. The van der Waals surface area contributed by atoms with E-state index in [1.165, 1.54) is 14.2 Å². The first-order chi connectivity index (χ1) is 17.0. The van der Waals surface area contributed by atoms with Crippen molar-refractivity contribution in [1.82, 2.24) is 15.3 Å². The van der Waals surface area contributed by atoms with Gasteiger partial charge in [-0.1, -0.05) is 29.4 Å². The van der Waals surface area contributed by atoms with Crippen molar-refractivity contribution in [3.05, 3.63) is 76.5 Å². The highest BCUT2D eigenvalue weighted by molar-refractivity contribution is 6.45. The third-order valence-electron chi connectivity index (χ3n) is 4.81. The normalized spacial score (nSPS) is 11.7. The number of ether oxygens (including phenoxy) is 1. The number of likely N-dealkylation sites (N-methyl/N-ethyl adjacent to an activating group) is 1. The molecule has 0 aliphatic carbocycles. The summed E-state index contributed by atoms with van der Waals surface area (Å²) in [6.45, 7) is 0.810. The van der Waals surface area contributed by atoms with E-state index in [0.717, 1.165) is 19.1 Å². The fourth-order valence-electron chi connectivity index (χ4n) is 3.13. The van der Waals surface area contributed by atoms with E-state index in [-0.39, 0.29) is 18.0 Å². The second-order valence-corrected chi connectivity index (χ2v) is 7.22. The van der Waals surface area contributed by atoms with Crippen molar-refractivity contribution in [3.8, 4) is 5.88 Å². The van der Waals surface area contributed by atoms with Crippen molar-refractivity contribution < 1.29 is 36.3 Å². The van der Waals surface area contributed by atoms with Crippen molar-refractivity contribution in [3.63, 3.8) is 0 Å². The molecule has 1 amide bonds. The summed E-state index contributed by atoms with van der Waals surface area (Å²) in [5.74, 6) is -3.54. The quantitative estimate of drug-likeness (QED) is 0.264. The standard InChI is InChI=1S/C23H20F5N5O3/c1-12-19(23(26,27)28)31-22(30-17-9-8-14(24)10-16(17)25)32-21(12)36-11-13-6-4-5-7-15(13)18(33-35-3)20(34)29-2/h4-10H,11H2,1-3H3,(H,29,34)(H,30,31,32)/b33-18+. The fraction of sp³-hybridized carbons (Fsp3) is 0.217. The first kappa shape index (κ1) is 26.3. The van der Waals surface area contributed by atoms with Crippen LogP contribution in [0.3, 0.4) is 0 Å². The van der Waals surface area contributed by atoms with Crippen LogP contribution in [0.25, 0.3) is 0 Å². The number of carbonyl (C=O) groups excluding carboxylic acids is 1. The Morgan fingerprint density at radius 1 is 1.11 bits per heavy atom. The first-order valence-electron chi connectivity index (χ1n) is 10.3. The van der Waals surface area contributed by atoms with Crippen LogP contribution in [0.4, 0.5) is 33.6 Å². The minimum atomic E-state index is -4.88. The molecule has 0 atom stereocenters. The van der Waals surface area contributed by atoms with Gasteiger partial charge in [-0.25, -0.2) is 13.8 Å². The van der Waals surface area contributed by atoms with Gasteiger partial charge < -0.3 is 20.2 Å². The number of hydrogen-bond donors (Lipinski definition) is 2. The average Bonchev–Trinajstić information content (AvgIpc) is 2.83. The van der Waals surface area contributed by atoms with Crippen LogP contribution in [-0.4, -0.2) is 35.7 Å².